The zero-order valence-corrected chi connectivity index (χ0v) is 7.12. The second-order valence-electron chi connectivity index (χ2n) is 3.17. The van der Waals surface area contributed by atoms with Crippen molar-refractivity contribution in [1.82, 2.24) is 10.3 Å². The van der Waals surface area contributed by atoms with Crippen LogP contribution in [0.4, 0.5) is 0 Å². The third-order valence-electron chi connectivity index (χ3n) is 2.12. The van der Waals surface area contributed by atoms with E-state index in [0.29, 0.717) is 6.42 Å². The van der Waals surface area contributed by atoms with Gasteiger partial charge < -0.3 is 10.6 Å². The normalized spacial score (nSPS) is 24.3. The van der Waals surface area contributed by atoms with Gasteiger partial charge in [-0.1, -0.05) is 0 Å². The van der Waals surface area contributed by atoms with Crippen LogP contribution in [0, 0.1) is 0 Å². The Kier molecular flexibility index (Phi) is 3.46. The van der Waals surface area contributed by atoms with Crippen LogP contribution >= 0.6 is 0 Å². The van der Waals surface area contributed by atoms with Crippen LogP contribution in [0.5, 0.6) is 0 Å². The summed E-state index contributed by atoms with van der Waals surface area (Å²) in [7, 11) is 0. The fourth-order valence-corrected chi connectivity index (χ4v) is 1.40. The number of nitrogens with zero attached hydrogens (tertiary/aromatic N) is 1. The summed E-state index contributed by atoms with van der Waals surface area (Å²) < 4.78 is 0. The highest BCUT2D eigenvalue weighted by Crippen LogP contribution is 2.06. The van der Waals surface area contributed by atoms with E-state index in [9.17, 15) is 4.79 Å². The van der Waals surface area contributed by atoms with Gasteiger partial charge in [-0.25, -0.2) is 5.84 Å². The quantitative estimate of drug-likeness (QED) is 0.272. The van der Waals surface area contributed by atoms with Gasteiger partial charge in [0, 0.05) is 25.6 Å². The summed E-state index contributed by atoms with van der Waals surface area (Å²) in [6, 6.07) is 0.283. The lowest BCUT2D eigenvalue weighted by atomic mass is 10.3. The summed E-state index contributed by atoms with van der Waals surface area (Å²) in [5.41, 5.74) is 7.80. The number of carbonyl (C=O) groups excluding carboxylic acids is 1. The SMILES string of the molecule is NNC(=O)CCN1CCC(N)C1. The van der Waals surface area contributed by atoms with Crippen LogP contribution in [0.1, 0.15) is 12.8 Å². The van der Waals surface area contributed by atoms with Crippen LogP contribution in [0.25, 0.3) is 0 Å². The Balaban J connectivity index is 2.11. The molecule has 1 rings (SSSR count). The fourth-order valence-electron chi connectivity index (χ4n) is 1.40. The molecule has 1 fully saturated rings. The zero-order valence-electron chi connectivity index (χ0n) is 7.12. The number of hydrazine groups is 1. The number of rotatable bonds is 3. The molecule has 0 radical (unpaired) electrons. The molecule has 0 bridgehead atoms. The van der Waals surface area contributed by atoms with E-state index < -0.39 is 0 Å². The number of nitrogens with one attached hydrogen (secondary N) is 1. The zero-order chi connectivity index (χ0) is 8.97. The van der Waals surface area contributed by atoms with Crippen molar-refractivity contribution in [3.8, 4) is 0 Å². The molecule has 1 saturated heterocycles. The molecule has 0 aromatic heterocycles. The molecule has 1 heterocycles. The van der Waals surface area contributed by atoms with E-state index in [-0.39, 0.29) is 11.9 Å². The highest BCUT2D eigenvalue weighted by atomic mass is 16.2. The number of hydrogen-bond acceptors (Lipinski definition) is 4. The molecular formula is C7H16N4O. The first-order chi connectivity index (χ1) is 5.72. The molecule has 0 aliphatic carbocycles. The first-order valence-corrected chi connectivity index (χ1v) is 4.19. The van der Waals surface area contributed by atoms with E-state index in [1.165, 1.54) is 0 Å². The lowest BCUT2D eigenvalue weighted by Crippen LogP contribution is -2.34. The van der Waals surface area contributed by atoms with Crippen molar-refractivity contribution in [2.24, 2.45) is 11.6 Å². The minimum absolute atomic E-state index is 0.115. The van der Waals surface area contributed by atoms with Gasteiger partial charge in [0.2, 0.25) is 5.91 Å². The Hall–Kier alpha value is -0.650. The topological polar surface area (TPSA) is 84.4 Å². The van der Waals surface area contributed by atoms with E-state index in [2.05, 4.69) is 10.3 Å². The van der Waals surface area contributed by atoms with Crippen molar-refractivity contribution in [2.45, 2.75) is 18.9 Å². The minimum Gasteiger partial charge on any atom is -0.326 e. The lowest BCUT2D eigenvalue weighted by molar-refractivity contribution is -0.121. The molecule has 0 aromatic carbocycles. The maximum atomic E-state index is 10.8. The summed E-state index contributed by atoms with van der Waals surface area (Å²) in [5, 5.41) is 0. The number of carbonyl (C=O) groups is 1. The lowest BCUT2D eigenvalue weighted by Gasteiger charge is -2.13. The van der Waals surface area contributed by atoms with E-state index in [1.807, 2.05) is 0 Å². The molecule has 70 valence electrons. The molecule has 0 spiro atoms. The number of amides is 1. The number of likely N-dealkylation sites (tertiary alicyclic amines) is 1. The van der Waals surface area contributed by atoms with Gasteiger partial charge in [0.1, 0.15) is 0 Å². The van der Waals surface area contributed by atoms with Gasteiger partial charge in [-0.3, -0.25) is 10.2 Å². The molecule has 5 N–H and O–H groups in total. The van der Waals surface area contributed by atoms with Crippen molar-refractivity contribution in [2.75, 3.05) is 19.6 Å². The Bertz CT molecular complexity index is 161. The summed E-state index contributed by atoms with van der Waals surface area (Å²) in [4.78, 5) is 12.9. The third-order valence-corrected chi connectivity index (χ3v) is 2.12. The van der Waals surface area contributed by atoms with Gasteiger partial charge in [-0.05, 0) is 13.0 Å². The summed E-state index contributed by atoms with van der Waals surface area (Å²) in [6.45, 7) is 2.66. The summed E-state index contributed by atoms with van der Waals surface area (Å²) in [5.74, 6) is 4.83. The predicted molar refractivity (Wildman–Crippen MR) is 46.0 cm³/mol. The van der Waals surface area contributed by atoms with Crippen molar-refractivity contribution in [1.29, 1.82) is 0 Å². The van der Waals surface area contributed by atoms with Crippen LogP contribution < -0.4 is 17.0 Å². The van der Waals surface area contributed by atoms with Gasteiger partial charge in [0.25, 0.3) is 0 Å². The van der Waals surface area contributed by atoms with Crippen LogP contribution in [0.2, 0.25) is 0 Å². The Morgan fingerprint density at radius 2 is 2.42 bits per heavy atom. The van der Waals surface area contributed by atoms with Gasteiger partial charge >= 0.3 is 0 Å². The molecule has 12 heavy (non-hydrogen) atoms. The average molecular weight is 172 g/mol. The maximum absolute atomic E-state index is 10.8. The average Bonchev–Trinajstić information content (AvgIpc) is 2.47. The molecule has 1 aliphatic heterocycles. The van der Waals surface area contributed by atoms with Crippen LogP contribution in [0.3, 0.4) is 0 Å². The second kappa shape index (κ2) is 4.39. The summed E-state index contributed by atoms with van der Waals surface area (Å²) in [6.07, 6.45) is 1.49. The smallest absolute Gasteiger partial charge is 0.235 e. The predicted octanol–water partition coefficient (Wildman–Crippen LogP) is -1.60. The van der Waals surface area contributed by atoms with Crippen LogP contribution in [0.15, 0.2) is 0 Å². The molecular weight excluding hydrogens is 156 g/mol. The van der Waals surface area contributed by atoms with Crippen molar-refractivity contribution in [3.63, 3.8) is 0 Å². The Morgan fingerprint density at radius 3 is 2.92 bits per heavy atom. The molecule has 1 amide bonds. The minimum atomic E-state index is -0.115. The number of hydrogen-bond donors (Lipinski definition) is 3. The molecule has 0 saturated carbocycles. The third kappa shape index (κ3) is 2.77. The molecule has 0 aromatic rings. The largest absolute Gasteiger partial charge is 0.326 e. The van der Waals surface area contributed by atoms with Crippen molar-refractivity contribution in [3.05, 3.63) is 0 Å². The number of nitrogens with two attached hydrogens (primary N) is 2. The Morgan fingerprint density at radius 1 is 1.67 bits per heavy atom. The van der Waals surface area contributed by atoms with E-state index in [0.717, 1.165) is 26.1 Å². The van der Waals surface area contributed by atoms with Crippen LogP contribution in [-0.4, -0.2) is 36.5 Å². The van der Waals surface area contributed by atoms with E-state index in [4.69, 9.17) is 11.6 Å². The van der Waals surface area contributed by atoms with Crippen molar-refractivity contribution < 1.29 is 4.79 Å². The standard InChI is InChI=1S/C7H16N4O/c8-6-1-3-11(5-6)4-2-7(12)10-9/h6H,1-5,8-9H2,(H,10,12). The summed E-state index contributed by atoms with van der Waals surface area (Å²) >= 11 is 0. The highest BCUT2D eigenvalue weighted by molar-refractivity contribution is 5.75. The molecule has 1 atom stereocenters. The van der Waals surface area contributed by atoms with E-state index >= 15 is 0 Å². The van der Waals surface area contributed by atoms with Gasteiger partial charge in [-0.15, -0.1) is 0 Å². The Labute approximate surface area is 72.0 Å². The van der Waals surface area contributed by atoms with Gasteiger partial charge in [0.15, 0.2) is 0 Å². The van der Waals surface area contributed by atoms with Gasteiger partial charge in [0.05, 0.1) is 0 Å². The van der Waals surface area contributed by atoms with Crippen molar-refractivity contribution >= 4 is 5.91 Å². The fraction of sp³-hybridized carbons (Fsp3) is 0.857. The molecule has 5 heteroatoms. The molecule has 1 aliphatic rings. The molecule has 5 nitrogen and oxygen atoms in total. The second-order valence-corrected chi connectivity index (χ2v) is 3.17. The highest BCUT2D eigenvalue weighted by Gasteiger charge is 2.18. The molecule has 1 unspecified atom stereocenters. The first kappa shape index (κ1) is 9.44. The van der Waals surface area contributed by atoms with Gasteiger partial charge in [-0.2, -0.15) is 0 Å². The monoisotopic (exact) mass is 172 g/mol. The van der Waals surface area contributed by atoms with Crippen LogP contribution in [-0.2, 0) is 4.79 Å². The first-order valence-electron chi connectivity index (χ1n) is 4.19. The maximum Gasteiger partial charge on any atom is 0.235 e. The van der Waals surface area contributed by atoms with E-state index in [1.54, 1.807) is 0 Å².